The molecule has 3 fully saturated rings. The number of fused-ring (bicyclic) bond motifs is 3. The Balaban J connectivity index is 1.35. The molecule has 234 valence electrons. The number of hydrogen-bond acceptors (Lipinski definition) is 9. The van der Waals surface area contributed by atoms with Gasteiger partial charge in [0.1, 0.15) is 36.3 Å². The third-order valence-corrected chi connectivity index (χ3v) is 9.63. The highest BCUT2D eigenvalue weighted by atomic mass is 19.1. The molecule has 3 aliphatic rings. The maximum Gasteiger partial charge on any atom is 0.375 e. The van der Waals surface area contributed by atoms with Gasteiger partial charge in [0.15, 0.2) is 11.6 Å². The van der Waals surface area contributed by atoms with Gasteiger partial charge in [-0.05, 0) is 50.0 Å². The minimum atomic E-state index is -0.778. The zero-order valence-corrected chi connectivity index (χ0v) is 25.7. The second-order valence-corrected chi connectivity index (χ2v) is 12.1. The first kappa shape index (κ1) is 29.9. The molecule has 5 heterocycles. The van der Waals surface area contributed by atoms with E-state index >= 15 is 4.39 Å². The number of halogens is 1. The van der Waals surface area contributed by atoms with Crippen molar-refractivity contribution in [2.75, 3.05) is 51.5 Å². The Morgan fingerprint density at radius 2 is 2.15 bits per heavy atom. The lowest BCUT2D eigenvalue weighted by Gasteiger charge is -2.46. The number of benzene rings is 2. The smallest absolute Gasteiger partial charge is 0.375 e. The first-order valence-corrected chi connectivity index (χ1v) is 15.4. The molecule has 0 bridgehead atoms. The topological polar surface area (TPSA) is 91.4 Å². The van der Waals surface area contributed by atoms with Gasteiger partial charge in [-0.25, -0.2) is 4.39 Å². The number of pyridine rings is 1. The molecule has 2 aromatic carbocycles. The van der Waals surface area contributed by atoms with E-state index in [9.17, 15) is 5.11 Å². The summed E-state index contributed by atoms with van der Waals surface area (Å²) in [6, 6.07) is 8.70. The number of aromatic nitrogens is 3. The lowest BCUT2D eigenvalue weighted by molar-refractivity contribution is 0.0183. The predicted molar refractivity (Wildman–Crippen MR) is 175 cm³/mol. The minimum absolute atomic E-state index is 0.00773. The lowest BCUT2D eigenvalue weighted by atomic mass is 9.88. The molecule has 0 amide bonds. The standard InChI is InChI=1S/C35H34FN7O3/c1-5-15-45-21-42-14-12-35(37-3)28(42)19-43(35)33-27-18-38-31(26-17-25(44)16-23-10-7-9-22(6-2)29(23)26)30(36)32(27)39-34(40-33)46-20-24-11-8-13-41(24)4/h2-3,5,7,9-10,16-18,24,28H,1,8,11-15,19-21H2,4H3/p+1/t24-,28+,35+/m0/s1. The number of phenolic OH excluding ortho intramolecular Hbond substituents is 1. The number of ether oxygens (including phenoxy) is 2. The van der Waals surface area contributed by atoms with Crippen LogP contribution in [-0.2, 0) is 4.74 Å². The molecule has 4 aromatic rings. The van der Waals surface area contributed by atoms with E-state index in [1.807, 2.05) is 11.0 Å². The first-order chi connectivity index (χ1) is 22.4. The number of phenols is 1. The molecule has 3 aliphatic heterocycles. The SMILES string of the molecule is C#Cc1cccc2cc(O)cc(-c3ncc4c(N5C[C@H]6N(COCC=C)CC[C@]65[N+]#C)nc(OC[C@@H]5CCCN5C)nc4c3F)c12. The molecule has 46 heavy (non-hydrogen) atoms. The van der Waals surface area contributed by atoms with Crippen molar-refractivity contribution in [1.82, 2.24) is 24.8 Å². The second-order valence-electron chi connectivity index (χ2n) is 12.1. The molecular formula is C35H35FN7O3+. The van der Waals surface area contributed by atoms with Crippen LogP contribution in [0.15, 0.2) is 49.2 Å². The minimum Gasteiger partial charge on any atom is -0.508 e. The molecule has 0 spiro atoms. The van der Waals surface area contributed by atoms with Gasteiger partial charge in [-0.1, -0.05) is 29.0 Å². The average Bonchev–Trinajstić information content (AvgIpc) is 3.58. The number of anilines is 1. The predicted octanol–water partition coefficient (Wildman–Crippen LogP) is 4.86. The van der Waals surface area contributed by atoms with Gasteiger partial charge in [0, 0.05) is 35.3 Å². The molecule has 0 saturated carbocycles. The molecule has 3 atom stereocenters. The Bertz CT molecular complexity index is 1940. The Labute approximate surface area is 266 Å². The van der Waals surface area contributed by atoms with Gasteiger partial charge in [0.05, 0.1) is 25.0 Å². The fourth-order valence-electron chi connectivity index (χ4n) is 7.18. The molecule has 3 saturated heterocycles. The molecule has 11 heteroatoms. The van der Waals surface area contributed by atoms with Crippen LogP contribution in [-0.4, -0.2) is 94.2 Å². The number of likely N-dealkylation sites (tertiary alicyclic amines) is 2. The monoisotopic (exact) mass is 620 g/mol. The molecule has 0 aliphatic carbocycles. The second kappa shape index (κ2) is 11.8. The largest absolute Gasteiger partial charge is 0.508 e. The van der Waals surface area contributed by atoms with E-state index in [1.165, 1.54) is 6.07 Å². The van der Waals surface area contributed by atoms with Crippen LogP contribution in [0.1, 0.15) is 24.8 Å². The van der Waals surface area contributed by atoms with Crippen LogP contribution in [0.4, 0.5) is 10.2 Å². The van der Waals surface area contributed by atoms with E-state index in [0.717, 1.165) is 25.9 Å². The third-order valence-electron chi connectivity index (χ3n) is 9.63. The third kappa shape index (κ3) is 4.79. The van der Waals surface area contributed by atoms with Gasteiger partial charge in [-0.15, -0.1) is 13.0 Å². The van der Waals surface area contributed by atoms with Gasteiger partial charge in [0.2, 0.25) is 0 Å². The normalized spacial score (nSPS) is 22.8. The van der Waals surface area contributed by atoms with Gasteiger partial charge >= 0.3 is 11.7 Å². The first-order valence-electron chi connectivity index (χ1n) is 15.4. The Hall–Kier alpha value is -4.81. The average molecular weight is 621 g/mol. The number of hydrogen-bond donors (Lipinski definition) is 1. The van der Waals surface area contributed by atoms with E-state index in [2.05, 4.69) is 44.2 Å². The summed E-state index contributed by atoms with van der Waals surface area (Å²) in [7, 11) is 2.06. The molecule has 0 unspecified atom stereocenters. The molecule has 2 aromatic heterocycles. The summed E-state index contributed by atoms with van der Waals surface area (Å²) in [6.07, 6.45) is 11.8. The molecule has 1 N–H and O–H groups in total. The van der Waals surface area contributed by atoms with Crippen molar-refractivity contribution in [2.24, 2.45) is 0 Å². The van der Waals surface area contributed by atoms with E-state index in [1.54, 1.807) is 30.5 Å². The summed E-state index contributed by atoms with van der Waals surface area (Å²) in [4.78, 5) is 24.8. The maximum atomic E-state index is 16.8. The summed E-state index contributed by atoms with van der Waals surface area (Å²) in [5, 5.41) is 12.2. The summed E-state index contributed by atoms with van der Waals surface area (Å²) >= 11 is 0. The Morgan fingerprint density at radius 3 is 2.91 bits per heavy atom. The summed E-state index contributed by atoms with van der Waals surface area (Å²) < 4.78 is 28.7. The molecular weight excluding hydrogens is 585 g/mol. The van der Waals surface area contributed by atoms with Crippen LogP contribution < -0.4 is 9.64 Å². The van der Waals surface area contributed by atoms with Crippen molar-refractivity contribution in [1.29, 1.82) is 0 Å². The Morgan fingerprint density at radius 1 is 1.28 bits per heavy atom. The van der Waals surface area contributed by atoms with Crippen LogP contribution >= 0.6 is 0 Å². The van der Waals surface area contributed by atoms with E-state index < -0.39 is 11.5 Å². The quantitative estimate of drug-likeness (QED) is 0.160. The highest BCUT2D eigenvalue weighted by Crippen LogP contribution is 2.48. The summed E-state index contributed by atoms with van der Waals surface area (Å²) in [6.45, 7) is 13.3. The summed E-state index contributed by atoms with van der Waals surface area (Å²) in [5.74, 6) is 2.41. The van der Waals surface area contributed by atoms with Gasteiger partial charge in [-0.3, -0.25) is 14.8 Å². The van der Waals surface area contributed by atoms with Crippen LogP contribution in [0.3, 0.4) is 0 Å². The fourth-order valence-corrected chi connectivity index (χ4v) is 7.18. The van der Waals surface area contributed by atoms with Crippen molar-refractivity contribution in [3.8, 4) is 41.9 Å². The Kier molecular flexibility index (Phi) is 7.69. The van der Waals surface area contributed by atoms with Crippen LogP contribution in [0.25, 0.3) is 37.8 Å². The van der Waals surface area contributed by atoms with Crippen LogP contribution in [0.5, 0.6) is 11.8 Å². The lowest BCUT2D eigenvalue weighted by Crippen LogP contribution is -2.70. The zero-order valence-electron chi connectivity index (χ0n) is 25.7. The highest BCUT2D eigenvalue weighted by Gasteiger charge is 2.70. The van der Waals surface area contributed by atoms with Crippen molar-refractivity contribution < 1.29 is 19.0 Å². The molecule has 10 nitrogen and oxygen atoms in total. The van der Waals surface area contributed by atoms with Gasteiger partial charge in [0.25, 0.3) is 6.57 Å². The number of rotatable bonds is 9. The number of aromatic hydroxyl groups is 1. The van der Waals surface area contributed by atoms with Crippen LogP contribution in [0, 0.1) is 24.7 Å². The zero-order chi connectivity index (χ0) is 32.0. The maximum absolute atomic E-state index is 16.8. The van der Waals surface area contributed by atoms with E-state index in [-0.39, 0.29) is 35.1 Å². The molecule has 7 rings (SSSR count). The van der Waals surface area contributed by atoms with Gasteiger partial charge < -0.3 is 19.5 Å². The van der Waals surface area contributed by atoms with E-state index in [0.29, 0.717) is 66.0 Å². The summed E-state index contributed by atoms with van der Waals surface area (Å²) in [5.41, 5.74) is 0.192. The number of terminal acetylenes is 1. The van der Waals surface area contributed by atoms with Gasteiger partial charge in [-0.2, -0.15) is 9.97 Å². The van der Waals surface area contributed by atoms with Crippen molar-refractivity contribution >= 4 is 27.5 Å². The van der Waals surface area contributed by atoms with Crippen LogP contribution in [0.2, 0.25) is 0 Å². The fraction of sp³-hybridized carbons (Fsp3) is 0.371. The van der Waals surface area contributed by atoms with Crippen molar-refractivity contribution in [3.05, 3.63) is 65.4 Å². The highest BCUT2D eigenvalue weighted by molar-refractivity contribution is 6.03. The van der Waals surface area contributed by atoms with Crippen molar-refractivity contribution in [3.63, 3.8) is 0 Å². The van der Waals surface area contributed by atoms with Crippen molar-refractivity contribution in [2.45, 2.75) is 37.0 Å². The number of likely N-dealkylation sites (N-methyl/N-ethyl adjacent to an activating group) is 1. The molecule has 0 radical (unpaired) electrons. The van der Waals surface area contributed by atoms with E-state index in [4.69, 9.17) is 27.5 Å². The number of nitrogens with zero attached hydrogens (tertiary/aromatic N) is 7.